The summed E-state index contributed by atoms with van der Waals surface area (Å²) in [6.45, 7) is 2.05. The molecular weight excluding hydrogens is 454 g/mol. The van der Waals surface area contributed by atoms with Crippen LogP contribution in [0.5, 0.6) is 11.5 Å². The monoisotopic (exact) mass is 479 g/mol. The van der Waals surface area contributed by atoms with E-state index >= 15 is 0 Å². The molecule has 0 saturated heterocycles. The Hall–Kier alpha value is -4.58. The number of hydrogen-bond acceptors (Lipinski definition) is 5. The molecule has 1 unspecified atom stereocenters. The molecule has 1 aliphatic rings. The number of ether oxygens (including phenoxy) is 1. The number of carbonyl (C=O) groups excluding carboxylic acids is 2. The topological polar surface area (TPSA) is 80.0 Å². The highest BCUT2D eigenvalue weighted by Gasteiger charge is 2.44. The fourth-order valence-corrected chi connectivity index (χ4v) is 4.42. The van der Waals surface area contributed by atoms with Gasteiger partial charge in [-0.25, -0.2) is 0 Å². The zero-order chi connectivity index (χ0) is 25.1. The van der Waals surface area contributed by atoms with Gasteiger partial charge in [-0.2, -0.15) is 0 Å². The summed E-state index contributed by atoms with van der Waals surface area (Å²) in [5.41, 5.74) is 1.70. The summed E-state index contributed by atoms with van der Waals surface area (Å²) in [4.78, 5) is 28.3. The molecule has 0 aliphatic carbocycles. The van der Waals surface area contributed by atoms with Crippen molar-refractivity contribution in [3.8, 4) is 11.5 Å². The van der Waals surface area contributed by atoms with E-state index in [4.69, 9.17) is 9.15 Å². The van der Waals surface area contributed by atoms with Gasteiger partial charge in [-0.15, -0.1) is 0 Å². The maximum atomic E-state index is 13.5. The Balaban J connectivity index is 1.52. The second-order valence-corrected chi connectivity index (χ2v) is 8.63. The van der Waals surface area contributed by atoms with Crippen LogP contribution in [0.4, 0.5) is 0 Å². The summed E-state index contributed by atoms with van der Waals surface area (Å²) in [6, 6.07) is 28.8. The van der Waals surface area contributed by atoms with Crippen LogP contribution in [0.3, 0.4) is 0 Å². The van der Waals surface area contributed by atoms with Gasteiger partial charge in [0, 0.05) is 6.54 Å². The van der Waals surface area contributed by atoms with Gasteiger partial charge in [-0.1, -0.05) is 60.7 Å². The third-order valence-electron chi connectivity index (χ3n) is 6.15. The molecule has 6 heteroatoms. The Morgan fingerprint density at radius 2 is 1.61 bits per heavy atom. The van der Waals surface area contributed by atoms with Gasteiger partial charge < -0.3 is 19.2 Å². The number of rotatable bonds is 8. The van der Waals surface area contributed by atoms with Gasteiger partial charge in [0.15, 0.2) is 11.5 Å². The number of aryl methyl sites for hydroxylation is 1. The number of Topliss-reactive ketones (excluding diaryl/α,β-unsaturated/α-hetero) is 1. The smallest absolute Gasteiger partial charge is 0.290 e. The summed E-state index contributed by atoms with van der Waals surface area (Å²) in [7, 11) is 0. The first-order valence-corrected chi connectivity index (χ1v) is 11.7. The van der Waals surface area contributed by atoms with Gasteiger partial charge in [0.2, 0.25) is 5.78 Å². The Morgan fingerprint density at radius 3 is 2.31 bits per heavy atom. The maximum Gasteiger partial charge on any atom is 0.290 e. The average Bonchev–Trinajstić information content (AvgIpc) is 3.45. The van der Waals surface area contributed by atoms with Crippen LogP contribution in [0.2, 0.25) is 0 Å². The minimum atomic E-state index is -0.793. The Bertz CT molecular complexity index is 1420. The summed E-state index contributed by atoms with van der Waals surface area (Å²) < 4.78 is 11.5. The summed E-state index contributed by atoms with van der Waals surface area (Å²) in [5, 5.41) is 10.9. The fraction of sp³-hybridized carbons (Fsp3) is 0.133. The van der Waals surface area contributed by atoms with Crippen molar-refractivity contribution in [2.75, 3.05) is 6.54 Å². The molecule has 2 heterocycles. The average molecular weight is 480 g/mol. The van der Waals surface area contributed by atoms with Crippen molar-refractivity contribution in [3.05, 3.63) is 131 Å². The van der Waals surface area contributed by atoms with Crippen LogP contribution in [0.15, 0.2) is 113 Å². The van der Waals surface area contributed by atoms with Gasteiger partial charge >= 0.3 is 0 Å². The van der Waals surface area contributed by atoms with Gasteiger partial charge in [-0.05, 0) is 60.9 Å². The van der Waals surface area contributed by atoms with Gasteiger partial charge in [0.05, 0.1) is 11.6 Å². The second-order valence-electron chi connectivity index (χ2n) is 8.63. The third kappa shape index (κ3) is 4.66. The van der Waals surface area contributed by atoms with Crippen LogP contribution >= 0.6 is 0 Å². The summed E-state index contributed by atoms with van der Waals surface area (Å²) >= 11 is 0. The minimum absolute atomic E-state index is 0.000673. The van der Waals surface area contributed by atoms with E-state index in [0.717, 1.165) is 5.56 Å². The van der Waals surface area contributed by atoms with Crippen molar-refractivity contribution < 1.29 is 23.8 Å². The molecule has 1 amide bonds. The highest BCUT2D eigenvalue weighted by Crippen LogP contribution is 2.40. The number of ketones is 1. The van der Waals surface area contributed by atoms with Crippen LogP contribution in [0.1, 0.15) is 33.5 Å². The van der Waals surface area contributed by atoms with Crippen molar-refractivity contribution in [2.24, 2.45) is 0 Å². The number of furan rings is 1. The van der Waals surface area contributed by atoms with E-state index in [1.165, 1.54) is 4.90 Å². The van der Waals surface area contributed by atoms with Crippen molar-refractivity contribution >= 4 is 11.7 Å². The molecule has 1 atom stereocenters. The van der Waals surface area contributed by atoms with E-state index in [9.17, 15) is 14.7 Å². The molecular formula is C30H25NO5. The number of carbonyl (C=O) groups is 2. The summed E-state index contributed by atoms with van der Waals surface area (Å²) in [5.74, 6) is 0.209. The lowest BCUT2D eigenvalue weighted by Gasteiger charge is -2.27. The summed E-state index contributed by atoms with van der Waals surface area (Å²) in [6.07, 6.45) is 0.567. The highest BCUT2D eigenvalue weighted by atomic mass is 16.5. The van der Waals surface area contributed by atoms with Crippen LogP contribution in [0.25, 0.3) is 0 Å². The molecule has 4 aromatic rings. The van der Waals surface area contributed by atoms with Crippen LogP contribution < -0.4 is 4.74 Å². The van der Waals surface area contributed by atoms with Crippen molar-refractivity contribution in [1.29, 1.82) is 0 Å². The van der Waals surface area contributed by atoms with E-state index < -0.39 is 23.5 Å². The van der Waals surface area contributed by atoms with Crippen LogP contribution in [-0.2, 0) is 11.2 Å². The molecule has 1 aromatic heterocycles. The fourth-order valence-electron chi connectivity index (χ4n) is 4.42. The lowest BCUT2D eigenvalue weighted by molar-refractivity contribution is -0.129. The molecule has 1 aliphatic heterocycles. The Morgan fingerprint density at radius 1 is 0.917 bits per heavy atom. The largest absolute Gasteiger partial charge is 0.503 e. The predicted octanol–water partition coefficient (Wildman–Crippen LogP) is 6.20. The normalized spacial score (nSPS) is 15.4. The zero-order valence-electron chi connectivity index (χ0n) is 19.8. The molecule has 5 rings (SSSR count). The van der Waals surface area contributed by atoms with Crippen molar-refractivity contribution in [1.82, 2.24) is 4.90 Å². The van der Waals surface area contributed by atoms with Gasteiger partial charge in [-0.3, -0.25) is 9.59 Å². The van der Waals surface area contributed by atoms with E-state index in [1.54, 1.807) is 25.1 Å². The lowest BCUT2D eigenvalue weighted by atomic mass is 9.94. The molecule has 0 radical (unpaired) electrons. The van der Waals surface area contributed by atoms with Gasteiger partial charge in [0.25, 0.3) is 5.91 Å². The standard InChI is InChI=1S/C30H25NO5/c1-20-15-16-25(35-20)28(32)26-27(22-11-8-14-24(19-22)36-23-12-6-3-7-13-23)31(30(34)29(26)33)18-17-21-9-4-2-5-10-21/h2-16,19,27,33H,17-18H2,1H3. The first-order chi connectivity index (χ1) is 17.5. The van der Waals surface area contributed by atoms with E-state index in [2.05, 4.69) is 0 Å². The molecule has 0 bridgehead atoms. The Labute approximate surface area is 209 Å². The van der Waals surface area contributed by atoms with Crippen LogP contribution in [0, 0.1) is 6.92 Å². The maximum absolute atomic E-state index is 13.5. The lowest BCUT2D eigenvalue weighted by Crippen LogP contribution is -2.33. The number of aliphatic hydroxyl groups is 1. The van der Waals surface area contributed by atoms with E-state index in [1.807, 2.05) is 78.9 Å². The number of para-hydroxylation sites is 1. The number of hydrogen-bond donors (Lipinski definition) is 1. The first-order valence-electron chi connectivity index (χ1n) is 11.7. The predicted molar refractivity (Wildman–Crippen MR) is 135 cm³/mol. The number of nitrogens with zero attached hydrogens (tertiary/aromatic N) is 1. The molecule has 180 valence electrons. The van der Waals surface area contributed by atoms with E-state index in [0.29, 0.717) is 35.8 Å². The molecule has 6 nitrogen and oxygen atoms in total. The van der Waals surface area contributed by atoms with Crippen molar-refractivity contribution in [2.45, 2.75) is 19.4 Å². The first kappa shape index (κ1) is 23.2. The molecule has 0 spiro atoms. The quantitative estimate of drug-likeness (QED) is 0.304. The molecule has 0 saturated carbocycles. The third-order valence-corrected chi connectivity index (χ3v) is 6.15. The molecule has 1 N–H and O–H groups in total. The molecule has 36 heavy (non-hydrogen) atoms. The highest BCUT2D eigenvalue weighted by molar-refractivity contribution is 6.15. The minimum Gasteiger partial charge on any atom is -0.503 e. The Kier molecular flexibility index (Phi) is 6.41. The molecule has 3 aromatic carbocycles. The van der Waals surface area contributed by atoms with Gasteiger partial charge in [0.1, 0.15) is 17.3 Å². The number of benzene rings is 3. The van der Waals surface area contributed by atoms with Crippen LogP contribution in [-0.4, -0.2) is 28.2 Å². The number of aliphatic hydroxyl groups excluding tert-OH is 1. The zero-order valence-corrected chi connectivity index (χ0v) is 19.8. The number of amides is 1. The van der Waals surface area contributed by atoms with Crippen molar-refractivity contribution in [3.63, 3.8) is 0 Å². The second kappa shape index (κ2) is 9.96. The molecule has 0 fully saturated rings. The SMILES string of the molecule is Cc1ccc(C(=O)C2=C(O)C(=O)N(CCc3ccccc3)C2c2cccc(Oc3ccccc3)c2)o1. The van der Waals surface area contributed by atoms with E-state index in [-0.39, 0.29) is 11.3 Å².